The van der Waals surface area contributed by atoms with E-state index in [0.717, 1.165) is 63.9 Å². The Morgan fingerprint density at radius 3 is 2.37 bits per heavy atom. The Kier molecular flexibility index (Phi) is 8.66. The Labute approximate surface area is 249 Å². The van der Waals surface area contributed by atoms with E-state index in [-0.39, 0.29) is 12.4 Å². The van der Waals surface area contributed by atoms with E-state index in [2.05, 4.69) is 47.1 Å². The molecule has 7 rings (SSSR count). The molecule has 0 atom stereocenters. The van der Waals surface area contributed by atoms with Crippen LogP contribution < -0.4 is 10.6 Å². The summed E-state index contributed by atoms with van der Waals surface area (Å²) < 4.78 is 24.8. The van der Waals surface area contributed by atoms with Gasteiger partial charge in [-0.3, -0.25) is 4.98 Å². The Bertz CT molecular complexity index is 1920. The van der Waals surface area contributed by atoms with Crippen LogP contribution in [0.25, 0.3) is 38.6 Å². The zero-order valence-corrected chi connectivity index (χ0v) is 23.9. The van der Waals surface area contributed by atoms with Gasteiger partial charge in [-0.2, -0.15) is 0 Å². The molecule has 0 saturated heterocycles. The molecule has 2 aromatic carbocycles. The van der Waals surface area contributed by atoms with Crippen molar-refractivity contribution >= 4 is 55.8 Å². The molecule has 7 aromatic rings. The number of benzene rings is 2. The van der Waals surface area contributed by atoms with Gasteiger partial charge in [0.1, 0.15) is 33.5 Å². The number of nitrogens with zero attached hydrogens (tertiary/aromatic N) is 6. The molecule has 10 nitrogen and oxygen atoms in total. The number of pyridine rings is 1. The molecule has 0 aliphatic carbocycles. The lowest BCUT2D eigenvalue weighted by molar-refractivity contribution is 0.515. The number of oxazole rings is 2. The minimum atomic E-state index is -0.354. The Hall–Kier alpha value is -5.07. The summed E-state index contributed by atoms with van der Waals surface area (Å²) in [5.74, 6) is 1.53. The number of nitrogens with one attached hydrogen (secondary N) is 2. The molecule has 5 heterocycles. The molecule has 0 aliphatic heterocycles. The molecule has 0 spiro atoms. The number of thiazole rings is 1. The number of aromatic nitrogens is 6. The zero-order chi connectivity index (χ0) is 29.4. The highest BCUT2D eigenvalue weighted by Gasteiger charge is 2.12. The van der Waals surface area contributed by atoms with E-state index in [1.165, 1.54) is 23.7 Å². The van der Waals surface area contributed by atoms with Crippen molar-refractivity contribution < 1.29 is 13.2 Å². The normalized spacial score (nSPS) is 11.1. The lowest BCUT2D eigenvalue weighted by Gasteiger charge is -2.05. The first-order valence-electron chi connectivity index (χ1n) is 13.6. The van der Waals surface area contributed by atoms with Gasteiger partial charge in [-0.05, 0) is 42.5 Å². The van der Waals surface area contributed by atoms with Crippen LogP contribution in [-0.4, -0.2) is 43.0 Å². The minimum Gasteiger partial charge on any atom is -0.441 e. The van der Waals surface area contributed by atoms with Crippen LogP contribution >= 0.6 is 11.3 Å². The van der Waals surface area contributed by atoms with E-state index in [4.69, 9.17) is 8.83 Å². The van der Waals surface area contributed by atoms with E-state index >= 15 is 0 Å². The van der Waals surface area contributed by atoms with Crippen molar-refractivity contribution in [1.82, 2.24) is 35.2 Å². The van der Waals surface area contributed by atoms with Crippen LogP contribution in [0.5, 0.6) is 0 Å². The molecule has 43 heavy (non-hydrogen) atoms. The van der Waals surface area contributed by atoms with E-state index < -0.39 is 0 Å². The van der Waals surface area contributed by atoms with Crippen LogP contribution in [-0.2, 0) is 19.4 Å². The maximum Gasteiger partial charge on any atom is 0.219 e. The minimum absolute atomic E-state index is 0.225. The quantitative estimate of drug-likeness (QED) is 0.176. The van der Waals surface area contributed by atoms with Gasteiger partial charge in [0.05, 0.1) is 17.2 Å². The smallest absolute Gasteiger partial charge is 0.219 e. The van der Waals surface area contributed by atoms with Crippen LogP contribution in [0, 0.1) is 5.82 Å². The number of fused-ring (bicyclic) bond motifs is 3. The van der Waals surface area contributed by atoms with Crippen LogP contribution in [0.3, 0.4) is 0 Å². The SMILES string of the molecule is C=Cc1nc2ccccc2o1.Fc1cccnc1CNc1ncnc2sc(CCNCCc3nc4ccccc4o3)nc12. The molecule has 0 radical (unpaired) electrons. The molecular formula is C31H27FN8O2S. The number of halogens is 1. The summed E-state index contributed by atoms with van der Waals surface area (Å²) in [5.41, 5.74) is 4.40. The summed E-state index contributed by atoms with van der Waals surface area (Å²) in [6.07, 6.45) is 6.13. The number of hydrogen-bond donors (Lipinski definition) is 2. The third-order valence-corrected chi connectivity index (χ3v) is 7.38. The Morgan fingerprint density at radius 1 is 0.837 bits per heavy atom. The van der Waals surface area contributed by atoms with Crippen LogP contribution in [0.4, 0.5) is 10.2 Å². The highest BCUT2D eigenvalue weighted by molar-refractivity contribution is 7.18. The summed E-state index contributed by atoms with van der Waals surface area (Å²) >= 11 is 1.53. The van der Waals surface area contributed by atoms with Crippen molar-refractivity contribution in [2.45, 2.75) is 19.4 Å². The molecule has 216 valence electrons. The number of anilines is 1. The van der Waals surface area contributed by atoms with Crippen LogP contribution in [0.15, 0.2) is 88.6 Å². The lowest BCUT2D eigenvalue weighted by Crippen LogP contribution is -2.20. The molecule has 0 fully saturated rings. The lowest BCUT2D eigenvalue weighted by atomic mass is 10.3. The van der Waals surface area contributed by atoms with Crippen molar-refractivity contribution in [3.63, 3.8) is 0 Å². The molecule has 2 N–H and O–H groups in total. The summed E-state index contributed by atoms with van der Waals surface area (Å²) in [4.78, 5) is 26.7. The second-order valence-electron chi connectivity index (χ2n) is 9.32. The number of hydrogen-bond acceptors (Lipinski definition) is 11. The van der Waals surface area contributed by atoms with Crippen LogP contribution in [0.1, 0.15) is 22.5 Å². The van der Waals surface area contributed by atoms with Gasteiger partial charge in [0.25, 0.3) is 0 Å². The maximum atomic E-state index is 13.8. The van der Waals surface area contributed by atoms with Gasteiger partial charge < -0.3 is 19.5 Å². The van der Waals surface area contributed by atoms with Crippen molar-refractivity contribution in [3.05, 3.63) is 108 Å². The van der Waals surface area contributed by atoms with Gasteiger partial charge in [-0.25, -0.2) is 29.3 Å². The maximum absolute atomic E-state index is 13.8. The molecule has 5 aromatic heterocycles. The van der Waals surface area contributed by atoms with Gasteiger partial charge >= 0.3 is 0 Å². The fourth-order valence-electron chi connectivity index (χ4n) is 4.27. The molecule has 0 unspecified atom stereocenters. The van der Waals surface area contributed by atoms with E-state index in [1.807, 2.05) is 48.5 Å². The Morgan fingerprint density at radius 2 is 1.60 bits per heavy atom. The standard InChI is InChI=1S/C22H20FN7OS.C9H7NO/c23-14-4-3-9-25-16(14)12-26-21-20-22(28-13-27-21)32-19(30-20)8-11-24-10-7-18-29-15-5-1-2-6-17(15)31-18;1-2-9-10-7-5-3-4-6-8(7)11-9/h1-6,9,13,24H,7-8,10-12H2,(H,26,27,28);2-6H,1H2. The predicted octanol–water partition coefficient (Wildman–Crippen LogP) is 6.22. The highest BCUT2D eigenvalue weighted by Crippen LogP contribution is 2.25. The summed E-state index contributed by atoms with van der Waals surface area (Å²) in [6, 6.07) is 18.3. The fourth-order valence-corrected chi connectivity index (χ4v) is 5.17. The molecule has 0 bridgehead atoms. The van der Waals surface area contributed by atoms with E-state index in [9.17, 15) is 4.39 Å². The number of rotatable bonds is 10. The van der Waals surface area contributed by atoms with Crippen molar-refractivity contribution in [3.8, 4) is 0 Å². The fraction of sp³-hybridized carbons (Fsp3) is 0.161. The van der Waals surface area contributed by atoms with Crippen molar-refractivity contribution in [2.24, 2.45) is 0 Å². The first-order valence-corrected chi connectivity index (χ1v) is 14.4. The van der Waals surface area contributed by atoms with Gasteiger partial charge in [-0.15, -0.1) is 0 Å². The summed E-state index contributed by atoms with van der Waals surface area (Å²) in [6.45, 7) is 5.33. The third kappa shape index (κ3) is 6.88. The molecular weight excluding hydrogens is 567 g/mol. The highest BCUT2D eigenvalue weighted by atomic mass is 32.1. The van der Waals surface area contributed by atoms with Gasteiger partial charge in [0.15, 0.2) is 22.9 Å². The van der Waals surface area contributed by atoms with Crippen molar-refractivity contribution in [2.75, 3.05) is 18.4 Å². The topological polar surface area (TPSA) is 128 Å². The first kappa shape index (κ1) is 28.1. The van der Waals surface area contributed by atoms with Gasteiger partial charge in [0.2, 0.25) is 5.89 Å². The largest absolute Gasteiger partial charge is 0.441 e. The Balaban J connectivity index is 0.000000250. The average Bonchev–Trinajstić information content (AvgIpc) is 3.77. The summed E-state index contributed by atoms with van der Waals surface area (Å²) in [5, 5.41) is 7.48. The average molecular weight is 595 g/mol. The van der Waals surface area contributed by atoms with Gasteiger partial charge in [0, 0.05) is 32.1 Å². The van der Waals surface area contributed by atoms with Gasteiger partial charge in [-0.1, -0.05) is 42.2 Å². The third-order valence-electron chi connectivity index (χ3n) is 6.35. The van der Waals surface area contributed by atoms with E-state index in [1.54, 1.807) is 18.3 Å². The number of para-hydroxylation sites is 4. The van der Waals surface area contributed by atoms with Crippen molar-refractivity contribution in [1.29, 1.82) is 0 Å². The molecule has 0 saturated carbocycles. The zero-order valence-electron chi connectivity index (χ0n) is 23.0. The second-order valence-corrected chi connectivity index (χ2v) is 10.4. The predicted molar refractivity (Wildman–Crippen MR) is 165 cm³/mol. The van der Waals surface area contributed by atoms with E-state index in [0.29, 0.717) is 22.9 Å². The monoisotopic (exact) mass is 594 g/mol. The molecule has 0 amide bonds. The second kappa shape index (κ2) is 13.3. The molecule has 0 aliphatic rings. The first-order chi connectivity index (χ1) is 21.2. The summed E-state index contributed by atoms with van der Waals surface area (Å²) in [7, 11) is 0. The van der Waals surface area contributed by atoms with Crippen LogP contribution in [0.2, 0.25) is 0 Å². The molecule has 12 heteroatoms.